The van der Waals surface area contributed by atoms with Crippen molar-refractivity contribution in [3.05, 3.63) is 35.8 Å². The number of anilines is 1. The molecule has 0 unspecified atom stereocenters. The van der Waals surface area contributed by atoms with Gasteiger partial charge < -0.3 is 10.1 Å². The van der Waals surface area contributed by atoms with Crippen molar-refractivity contribution in [2.24, 2.45) is 0 Å². The van der Waals surface area contributed by atoms with E-state index in [2.05, 4.69) is 10.1 Å². The monoisotopic (exact) mass is 253 g/mol. The van der Waals surface area contributed by atoms with Gasteiger partial charge >= 0.3 is 6.61 Å². The molecule has 0 aliphatic carbocycles. The van der Waals surface area contributed by atoms with Crippen molar-refractivity contribution in [3.8, 4) is 17.9 Å². The van der Waals surface area contributed by atoms with Crippen molar-refractivity contribution in [2.75, 3.05) is 5.32 Å². The van der Waals surface area contributed by atoms with Gasteiger partial charge in [0, 0.05) is 6.20 Å². The lowest BCUT2D eigenvalue weighted by molar-refractivity contribution is -0.0521. The van der Waals surface area contributed by atoms with Crippen molar-refractivity contribution in [3.63, 3.8) is 0 Å². The predicted molar refractivity (Wildman–Crippen MR) is 56.0 cm³/mol. The molecule has 1 rings (SSSR count). The minimum atomic E-state index is -3.14. The summed E-state index contributed by atoms with van der Waals surface area (Å²) in [6, 6.07) is 6.67. The number of hydrogen-bond acceptors (Lipinski definition) is 4. The maximum atomic E-state index is 13.6. The summed E-state index contributed by atoms with van der Waals surface area (Å²) in [5, 5.41) is 19.2. The van der Waals surface area contributed by atoms with Crippen LogP contribution in [0, 0.1) is 28.5 Å². The Morgan fingerprint density at radius 2 is 2.00 bits per heavy atom. The average molecular weight is 253 g/mol. The van der Waals surface area contributed by atoms with E-state index in [0.717, 1.165) is 12.3 Å². The topological polar surface area (TPSA) is 68.8 Å². The Kier molecular flexibility index (Phi) is 4.58. The summed E-state index contributed by atoms with van der Waals surface area (Å²) < 4.78 is 41.4. The van der Waals surface area contributed by atoms with Gasteiger partial charge in [0.05, 0.1) is 5.69 Å². The van der Waals surface area contributed by atoms with Crippen molar-refractivity contribution in [2.45, 2.75) is 6.61 Å². The first-order chi connectivity index (χ1) is 8.58. The van der Waals surface area contributed by atoms with E-state index in [1.54, 1.807) is 12.1 Å². The molecule has 0 aliphatic heterocycles. The number of ether oxygens (including phenoxy) is 1. The molecule has 0 bridgehead atoms. The van der Waals surface area contributed by atoms with Crippen molar-refractivity contribution in [1.29, 1.82) is 10.5 Å². The van der Waals surface area contributed by atoms with Crippen molar-refractivity contribution in [1.82, 2.24) is 0 Å². The lowest BCUT2D eigenvalue weighted by atomic mass is 10.2. The molecule has 0 aromatic heterocycles. The fourth-order valence-electron chi connectivity index (χ4n) is 1.05. The summed E-state index contributed by atoms with van der Waals surface area (Å²) in [5.74, 6) is -1.66. The van der Waals surface area contributed by atoms with Crippen LogP contribution in [-0.2, 0) is 0 Å². The summed E-state index contributed by atoms with van der Waals surface area (Å²) in [6.45, 7) is -3.14. The van der Waals surface area contributed by atoms with E-state index in [4.69, 9.17) is 10.5 Å². The molecule has 1 aromatic rings. The van der Waals surface area contributed by atoms with Gasteiger partial charge in [-0.15, -0.1) is 0 Å². The lowest BCUT2D eigenvalue weighted by Crippen LogP contribution is -2.05. The molecule has 0 amide bonds. The average Bonchev–Trinajstić information content (AvgIpc) is 2.34. The largest absolute Gasteiger partial charge is 0.432 e. The van der Waals surface area contributed by atoms with Gasteiger partial charge in [0.2, 0.25) is 0 Å². The minimum Gasteiger partial charge on any atom is -0.432 e. The van der Waals surface area contributed by atoms with E-state index in [-0.39, 0.29) is 11.3 Å². The van der Waals surface area contributed by atoms with Crippen LogP contribution in [-0.4, -0.2) is 6.61 Å². The van der Waals surface area contributed by atoms with E-state index in [0.29, 0.717) is 0 Å². The highest BCUT2D eigenvalue weighted by atomic mass is 19.3. The highest BCUT2D eigenvalue weighted by molar-refractivity contribution is 5.54. The molecular formula is C11H6F3N3O. The molecule has 18 heavy (non-hydrogen) atoms. The van der Waals surface area contributed by atoms with Gasteiger partial charge in [-0.3, -0.25) is 0 Å². The van der Waals surface area contributed by atoms with Crippen LogP contribution in [0.2, 0.25) is 0 Å². The summed E-state index contributed by atoms with van der Waals surface area (Å²) in [7, 11) is 0. The molecular weight excluding hydrogens is 247 g/mol. The zero-order valence-electron chi connectivity index (χ0n) is 8.82. The van der Waals surface area contributed by atoms with Crippen LogP contribution in [0.4, 0.5) is 18.9 Å². The van der Waals surface area contributed by atoms with Gasteiger partial charge in [0.15, 0.2) is 11.6 Å². The highest BCUT2D eigenvalue weighted by Crippen LogP contribution is 2.25. The molecule has 7 heteroatoms. The number of benzene rings is 1. The third-order valence-electron chi connectivity index (χ3n) is 1.79. The van der Waals surface area contributed by atoms with Crippen LogP contribution in [0.5, 0.6) is 5.75 Å². The first-order valence-corrected chi connectivity index (χ1v) is 4.58. The number of alkyl halides is 2. The van der Waals surface area contributed by atoms with Gasteiger partial charge in [0.25, 0.3) is 0 Å². The quantitative estimate of drug-likeness (QED) is 0.837. The zero-order valence-corrected chi connectivity index (χ0v) is 8.82. The number of nitriles is 2. The molecule has 0 fully saturated rings. The smallest absolute Gasteiger partial charge is 0.387 e. The Morgan fingerprint density at radius 3 is 2.56 bits per heavy atom. The lowest BCUT2D eigenvalue weighted by Gasteiger charge is -2.08. The molecule has 4 nitrogen and oxygen atoms in total. The van der Waals surface area contributed by atoms with Crippen LogP contribution in [0.15, 0.2) is 30.0 Å². The molecule has 1 N–H and O–H groups in total. The summed E-state index contributed by atoms with van der Waals surface area (Å²) in [6.07, 6.45) is 0.963. The minimum absolute atomic E-state index is 0.184. The van der Waals surface area contributed by atoms with E-state index in [1.165, 1.54) is 12.1 Å². The van der Waals surface area contributed by atoms with E-state index in [9.17, 15) is 13.2 Å². The number of nitrogens with one attached hydrogen (secondary N) is 1. The fraction of sp³-hybridized carbons (Fsp3) is 0.0909. The van der Waals surface area contributed by atoms with Gasteiger partial charge in [-0.25, -0.2) is 4.39 Å². The molecule has 0 aliphatic rings. The van der Waals surface area contributed by atoms with E-state index < -0.39 is 18.2 Å². The number of rotatable bonds is 4. The summed E-state index contributed by atoms with van der Waals surface area (Å²) in [5.41, 5.74) is -0.467. The van der Waals surface area contributed by atoms with Crippen LogP contribution in [0.1, 0.15) is 0 Å². The van der Waals surface area contributed by atoms with Gasteiger partial charge in [0.1, 0.15) is 17.7 Å². The number of halogens is 3. The van der Waals surface area contributed by atoms with Crippen LogP contribution >= 0.6 is 0 Å². The maximum Gasteiger partial charge on any atom is 0.387 e. The Hall–Kier alpha value is -2.67. The summed E-state index contributed by atoms with van der Waals surface area (Å²) in [4.78, 5) is 0. The highest BCUT2D eigenvalue weighted by Gasteiger charge is 2.12. The third kappa shape index (κ3) is 3.42. The normalized spacial score (nSPS) is 9.22. The SMILES string of the molecule is N#CC(C#N)=CNc1cccc(OC(F)F)c1F. The molecule has 0 saturated carbocycles. The van der Waals surface area contributed by atoms with Gasteiger partial charge in [-0.2, -0.15) is 19.3 Å². The molecule has 0 heterocycles. The van der Waals surface area contributed by atoms with Crippen molar-refractivity contribution < 1.29 is 17.9 Å². The Bertz CT molecular complexity index is 527. The molecule has 0 spiro atoms. The fourth-order valence-corrected chi connectivity index (χ4v) is 1.05. The molecule has 1 aromatic carbocycles. The predicted octanol–water partition coefficient (Wildman–Crippen LogP) is 2.77. The number of hydrogen-bond donors (Lipinski definition) is 1. The first-order valence-electron chi connectivity index (χ1n) is 4.58. The second kappa shape index (κ2) is 6.16. The van der Waals surface area contributed by atoms with Crippen LogP contribution in [0.3, 0.4) is 0 Å². The van der Waals surface area contributed by atoms with Crippen LogP contribution in [0.25, 0.3) is 0 Å². The second-order valence-electron chi connectivity index (χ2n) is 2.92. The van der Waals surface area contributed by atoms with E-state index >= 15 is 0 Å². The zero-order chi connectivity index (χ0) is 13.5. The first kappa shape index (κ1) is 13.4. The molecule has 0 radical (unpaired) electrons. The number of allylic oxidation sites excluding steroid dienone is 1. The molecule has 0 atom stereocenters. The van der Waals surface area contributed by atoms with Crippen LogP contribution < -0.4 is 10.1 Å². The molecule has 0 saturated heterocycles. The maximum absolute atomic E-state index is 13.6. The van der Waals surface area contributed by atoms with Gasteiger partial charge in [-0.05, 0) is 12.1 Å². The Labute approximate surface area is 101 Å². The Balaban J connectivity index is 2.95. The second-order valence-corrected chi connectivity index (χ2v) is 2.92. The van der Waals surface area contributed by atoms with Crippen molar-refractivity contribution >= 4 is 5.69 Å². The van der Waals surface area contributed by atoms with E-state index in [1.807, 2.05) is 0 Å². The third-order valence-corrected chi connectivity index (χ3v) is 1.79. The molecule has 92 valence electrons. The number of nitrogens with zero attached hydrogens (tertiary/aromatic N) is 2. The Morgan fingerprint density at radius 1 is 1.33 bits per heavy atom. The standard InChI is InChI=1S/C11H6F3N3O/c12-10-8(17-6-7(4-15)5-16)2-1-3-9(10)18-11(13)14/h1-3,6,11,17H. The summed E-state index contributed by atoms with van der Waals surface area (Å²) >= 11 is 0. The van der Waals surface area contributed by atoms with Gasteiger partial charge in [-0.1, -0.05) is 6.07 Å².